The maximum atomic E-state index is 16.1. The topological polar surface area (TPSA) is 218 Å². The molecule has 3 fully saturated rings. The summed E-state index contributed by atoms with van der Waals surface area (Å²) >= 11 is 14.2. The van der Waals surface area contributed by atoms with Gasteiger partial charge in [-0.05, 0) is 11.8 Å². The molecule has 0 amide bonds. The number of alkyl halides is 1. The number of thiol groups is 2. The average molecular weight is 710 g/mol. The van der Waals surface area contributed by atoms with Crippen LogP contribution in [0.5, 0.6) is 0 Å². The Morgan fingerprint density at radius 2 is 1.89 bits per heavy atom. The Labute approximate surface area is 263 Å². The summed E-state index contributed by atoms with van der Waals surface area (Å²) in [6.45, 7) is -4.83. The second kappa shape index (κ2) is 11.5. The first kappa shape index (κ1) is 30.9. The maximum absolute atomic E-state index is 16.1. The van der Waals surface area contributed by atoms with E-state index in [1.54, 1.807) is 6.21 Å². The smallest absolute Gasteiger partial charge is 0.369 e. The number of anilines is 1. The molecule has 44 heavy (non-hydrogen) atoms. The van der Waals surface area contributed by atoms with Gasteiger partial charge in [-0.3, -0.25) is 28.0 Å². The maximum Gasteiger partial charge on any atom is 0.386 e. The fraction of sp³-hybridized carbons (Fsp3) is 0.571. The molecule has 4 aliphatic heterocycles. The number of nitrogens with two attached hydrogens (primary N) is 2. The molecule has 0 spiro atoms. The Hall–Kier alpha value is -1.74. The lowest BCUT2D eigenvalue weighted by Crippen LogP contribution is -2.33. The number of nitrogen functional groups attached to an aromatic ring is 1. The Bertz CT molecular complexity index is 1790. The third-order valence-electron chi connectivity index (χ3n) is 7.48. The molecule has 17 nitrogen and oxygen atoms in total. The molecular formula is C21H26FN9O8P2S3. The van der Waals surface area contributed by atoms with Crippen molar-refractivity contribution in [3.8, 4) is 0 Å². The van der Waals surface area contributed by atoms with Gasteiger partial charge in [0.15, 0.2) is 35.6 Å². The van der Waals surface area contributed by atoms with Crippen molar-refractivity contribution < 1.29 is 36.5 Å². The number of nitrogens with zero attached hydrogens (tertiary/aromatic N) is 6. The SMILES string of the molecule is Nc1nc2c(ncn2[C@@H]2O[C@@H]3COP(=O)(S)O[C@H]4[C@H](F)[C@H](n5cnc6c5N=CCC6N)O[C@@H]4COP(=S)(S)O[C@@H]2C3)c(=O)[nH]1. The Kier molecular flexibility index (Phi) is 8.07. The standard InChI is InChI=1S/C21H26FN9O8P2S3/c22-12-15-11(37-20(12)30-6-26-13-9(23)1-2-25-16(13)30)5-35-41(43,44)38-10-3-8(4-34-40(33,42)39-15)36-19(10)31-7-27-14-17(31)28-21(24)29-18(14)32/h2,6-12,15,19-20H,1,3-5,23H2,(H,33,42)(H,43,44)(H3,24,28,29,32)/t8-,9?,10+,11+,12-,15+,19+,20+,40?/m0/s1. The highest BCUT2D eigenvalue weighted by Crippen LogP contribution is 2.60. The quantitative estimate of drug-likeness (QED) is 0.191. The van der Waals surface area contributed by atoms with Crippen LogP contribution in [0.4, 0.5) is 16.2 Å². The molecule has 0 radical (unpaired) electrons. The molecular weight excluding hydrogens is 683 g/mol. The lowest BCUT2D eigenvalue weighted by molar-refractivity contribution is -0.0537. The van der Waals surface area contributed by atoms with Gasteiger partial charge in [-0.1, -0.05) is 24.5 Å². The van der Waals surface area contributed by atoms with Crippen molar-refractivity contribution in [2.45, 2.75) is 61.9 Å². The van der Waals surface area contributed by atoms with Gasteiger partial charge < -0.3 is 30.0 Å². The van der Waals surface area contributed by atoms with Crippen molar-refractivity contribution in [1.82, 2.24) is 29.1 Å². The molecule has 7 rings (SSSR count). The normalized spacial score (nSPS) is 39.4. The zero-order valence-electron chi connectivity index (χ0n) is 22.4. The third-order valence-corrected chi connectivity index (χ3v) is 11.3. The molecule has 4 aliphatic rings. The largest absolute Gasteiger partial charge is 0.386 e. The molecule has 2 bridgehead atoms. The van der Waals surface area contributed by atoms with Crippen LogP contribution in [0.15, 0.2) is 22.4 Å². The first-order valence-corrected chi connectivity index (χ1v) is 19.7. The molecule has 238 valence electrons. The minimum Gasteiger partial charge on any atom is -0.369 e. The highest BCUT2D eigenvalue weighted by molar-refractivity contribution is 8.60. The fourth-order valence-electron chi connectivity index (χ4n) is 5.52. The van der Waals surface area contributed by atoms with Crippen LogP contribution < -0.4 is 17.0 Å². The van der Waals surface area contributed by atoms with E-state index in [1.165, 1.54) is 21.8 Å². The van der Waals surface area contributed by atoms with Crippen molar-refractivity contribution in [2.75, 3.05) is 18.9 Å². The van der Waals surface area contributed by atoms with E-state index in [4.69, 9.17) is 50.8 Å². The Balaban J connectivity index is 1.18. The number of hydrogen-bond acceptors (Lipinski definition) is 15. The van der Waals surface area contributed by atoms with Gasteiger partial charge in [0, 0.05) is 19.1 Å². The summed E-state index contributed by atoms with van der Waals surface area (Å²) in [7, 11) is 0. The van der Waals surface area contributed by atoms with Crippen molar-refractivity contribution in [3.05, 3.63) is 28.7 Å². The van der Waals surface area contributed by atoms with Gasteiger partial charge >= 0.3 is 6.80 Å². The van der Waals surface area contributed by atoms with Crippen LogP contribution in [-0.2, 0) is 43.9 Å². The summed E-state index contributed by atoms with van der Waals surface area (Å²) in [4.78, 5) is 31.6. The van der Waals surface area contributed by atoms with Crippen LogP contribution in [0.25, 0.3) is 11.2 Å². The van der Waals surface area contributed by atoms with E-state index in [9.17, 15) is 9.36 Å². The molecule has 0 aliphatic carbocycles. The van der Waals surface area contributed by atoms with Gasteiger partial charge in [0.1, 0.15) is 24.0 Å². The summed E-state index contributed by atoms with van der Waals surface area (Å²) in [5.41, 5.74) is 8.62. The van der Waals surface area contributed by atoms with E-state index >= 15 is 4.39 Å². The van der Waals surface area contributed by atoms with Crippen LogP contribution in [0.1, 0.15) is 37.0 Å². The number of aliphatic imine (C=N–C) groups is 1. The molecule has 3 saturated heterocycles. The van der Waals surface area contributed by atoms with Crippen molar-refractivity contribution in [2.24, 2.45) is 10.7 Å². The zero-order valence-corrected chi connectivity index (χ0v) is 26.8. The molecule has 0 saturated carbocycles. The van der Waals surface area contributed by atoms with E-state index in [2.05, 4.69) is 49.4 Å². The summed E-state index contributed by atoms with van der Waals surface area (Å²) in [6.07, 6.45) is -3.25. The van der Waals surface area contributed by atoms with Gasteiger partial charge in [0.05, 0.1) is 38.0 Å². The third kappa shape index (κ3) is 5.71. The summed E-state index contributed by atoms with van der Waals surface area (Å²) in [5, 5.41) is 0. The molecule has 5 N–H and O–H groups in total. The highest BCUT2D eigenvalue weighted by Gasteiger charge is 2.52. The Morgan fingerprint density at radius 1 is 1.09 bits per heavy atom. The molecule has 23 heteroatoms. The molecule has 3 aromatic heterocycles. The lowest BCUT2D eigenvalue weighted by atomic mass is 10.1. The number of hydrogen-bond donors (Lipinski definition) is 5. The number of rotatable bonds is 2. The zero-order chi connectivity index (χ0) is 31.0. The number of imidazole rings is 2. The van der Waals surface area contributed by atoms with Crippen molar-refractivity contribution >= 4 is 77.9 Å². The molecule has 3 unspecified atom stereocenters. The van der Waals surface area contributed by atoms with E-state index in [-0.39, 0.29) is 36.7 Å². The van der Waals surface area contributed by atoms with Gasteiger partial charge in [-0.2, -0.15) is 4.98 Å². The van der Waals surface area contributed by atoms with Gasteiger partial charge in [-0.25, -0.2) is 23.9 Å². The minimum atomic E-state index is -4.20. The van der Waals surface area contributed by atoms with Gasteiger partial charge in [0.2, 0.25) is 11.6 Å². The van der Waals surface area contributed by atoms with Crippen LogP contribution >= 0.6 is 37.0 Å². The Morgan fingerprint density at radius 3 is 2.70 bits per heavy atom. The second-order valence-electron chi connectivity index (χ2n) is 10.4. The number of aromatic nitrogens is 6. The number of H-pyrrole nitrogens is 1. The molecule has 10 atom stereocenters. The number of fused-ring (bicyclic) bond motifs is 5. The van der Waals surface area contributed by atoms with Crippen LogP contribution in [-0.4, -0.2) is 79.1 Å². The van der Waals surface area contributed by atoms with Crippen LogP contribution in [0, 0.1) is 0 Å². The van der Waals surface area contributed by atoms with Crippen LogP contribution in [0.3, 0.4) is 0 Å². The average Bonchev–Trinajstić information content (AvgIpc) is 3.72. The van der Waals surface area contributed by atoms with E-state index in [0.717, 1.165) is 0 Å². The van der Waals surface area contributed by atoms with Gasteiger partial charge in [0.25, 0.3) is 5.56 Å². The second-order valence-corrected chi connectivity index (χ2v) is 18.5. The number of ether oxygens (including phenoxy) is 2. The van der Waals surface area contributed by atoms with E-state index in [0.29, 0.717) is 17.9 Å². The minimum absolute atomic E-state index is 0.0251. The predicted octanol–water partition coefficient (Wildman–Crippen LogP) is 2.24. The van der Waals surface area contributed by atoms with Crippen molar-refractivity contribution in [3.63, 3.8) is 0 Å². The monoisotopic (exact) mass is 709 g/mol. The molecule has 3 aromatic rings. The summed E-state index contributed by atoms with van der Waals surface area (Å²) in [5.74, 6) is 0.211. The first-order chi connectivity index (χ1) is 20.9. The predicted molar refractivity (Wildman–Crippen MR) is 163 cm³/mol. The van der Waals surface area contributed by atoms with Crippen molar-refractivity contribution in [1.29, 1.82) is 0 Å². The number of halogens is 1. The summed E-state index contributed by atoms with van der Waals surface area (Å²) in [6, 6.07) is -0.409. The van der Waals surface area contributed by atoms with Crippen LogP contribution in [0.2, 0.25) is 0 Å². The van der Waals surface area contributed by atoms with Gasteiger partial charge in [-0.15, -0.1) is 0 Å². The van der Waals surface area contributed by atoms with E-state index < -0.39 is 67.1 Å². The lowest BCUT2D eigenvalue weighted by Gasteiger charge is -2.27. The number of aromatic amines is 1. The molecule has 0 aromatic carbocycles. The summed E-state index contributed by atoms with van der Waals surface area (Å²) < 4.78 is 67.7. The van der Waals surface area contributed by atoms with E-state index in [1.807, 2.05) is 0 Å². The fourth-order valence-corrected chi connectivity index (χ4v) is 9.02. The highest BCUT2D eigenvalue weighted by atomic mass is 32.9. The first-order valence-electron chi connectivity index (χ1n) is 13.2. The number of nitrogens with one attached hydrogen (secondary N) is 1. The molecule has 7 heterocycles.